The van der Waals surface area contributed by atoms with Crippen molar-refractivity contribution in [3.63, 3.8) is 0 Å². The molecule has 0 N–H and O–H groups in total. The fraction of sp³-hybridized carbons (Fsp3) is 0.229. The van der Waals surface area contributed by atoms with Gasteiger partial charge in [-0.2, -0.15) is 12.1 Å². The van der Waals surface area contributed by atoms with Gasteiger partial charge in [0, 0.05) is 72.5 Å². The molecule has 0 amide bonds. The second-order valence-corrected chi connectivity index (χ2v) is 23.1. The van der Waals surface area contributed by atoms with Crippen molar-refractivity contribution in [2.75, 3.05) is 9.80 Å². The molecule has 2 aromatic heterocycles. The Hall–Kier alpha value is -7.20. The van der Waals surface area contributed by atoms with Gasteiger partial charge in [-0.25, -0.2) is 4.98 Å². The summed E-state index contributed by atoms with van der Waals surface area (Å²) in [4.78, 5) is 8.69. The van der Waals surface area contributed by atoms with Crippen LogP contribution in [0.15, 0.2) is 182 Å². The van der Waals surface area contributed by atoms with Crippen LogP contribution >= 0.6 is 0 Å². The molecule has 5 nitrogen and oxygen atoms in total. The van der Waals surface area contributed by atoms with Gasteiger partial charge in [-0.05, 0) is 133 Å². The number of hydrogen-bond donors (Lipinski definition) is 0. The number of para-hydroxylation sites is 3. The molecule has 0 radical (unpaired) electrons. The minimum Gasteiger partial charge on any atom is -0.509 e. The van der Waals surface area contributed by atoms with Gasteiger partial charge in [-0.3, -0.25) is 0 Å². The van der Waals surface area contributed by atoms with E-state index in [-0.39, 0.29) is 83.9 Å². The van der Waals surface area contributed by atoms with Crippen LogP contribution in [0.1, 0.15) is 122 Å². The maximum absolute atomic E-state index is 10.2. The zero-order chi connectivity index (χ0) is 63.3. The number of rotatable bonds is 8. The van der Waals surface area contributed by atoms with Crippen molar-refractivity contribution in [1.82, 2.24) is 9.55 Å². The van der Waals surface area contributed by atoms with Crippen LogP contribution in [0, 0.1) is 18.8 Å². The number of nitrogens with zero attached hydrogens (tertiary/aromatic N) is 4. The van der Waals surface area contributed by atoms with Gasteiger partial charge in [-0.1, -0.05) is 172 Å². The second kappa shape index (κ2) is 19.1. The van der Waals surface area contributed by atoms with E-state index >= 15 is 0 Å². The summed E-state index contributed by atoms with van der Waals surface area (Å²) in [6, 6.07) is 31.8. The van der Waals surface area contributed by atoms with Crippen molar-refractivity contribution in [3.05, 3.63) is 223 Å². The van der Waals surface area contributed by atoms with Crippen molar-refractivity contribution < 1.29 is 43.6 Å². The van der Waals surface area contributed by atoms with Crippen molar-refractivity contribution in [3.8, 4) is 50.7 Å². The molecule has 0 spiro atoms. The monoisotopic (exact) mass is 1190 g/mol. The first-order chi connectivity index (χ1) is 41.3. The Morgan fingerprint density at radius 1 is 0.579 bits per heavy atom. The molecule has 12 rings (SSSR count). The van der Waals surface area contributed by atoms with E-state index in [0.29, 0.717) is 50.5 Å². The van der Waals surface area contributed by atoms with Crippen LogP contribution in [-0.2, 0) is 42.7 Å². The van der Waals surface area contributed by atoms with Gasteiger partial charge in [0.05, 0.1) is 17.8 Å². The average molecular weight is 1190 g/mol. The fourth-order valence-corrected chi connectivity index (χ4v) is 10.6. The Morgan fingerprint density at radius 2 is 1.24 bits per heavy atom. The van der Waals surface area contributed by atoms with Gasteiger partial charge >= 0.3 is 0 Å². The summed E-state index contributed by atoms with van der Waals surface area (Å²) < 4.78 is 126. The number of hydrogen-bond acceptors (Lipinski definition) is 4. The van der Waals surface area contributed by atoms with Crippen LogP contribution in [0.5, 0.6) is 11.5 Å². The molecule has 0 saturated carbocycles. The predicted octanol–water partition coefficient (Wildman–Crippen LogP) is 18.9. The van der Waals surface area contributed by atoms with Gasteiger partial charge in [0.25, 0.3) is 0 Å². The standard InChI is InChI=1S/C70H65N4O.Pt/c1-67(2,3)50-34-37-71-65(42-50)74-61-27-15-14-26-55(61)56-32-31-54(44-64(56)74)75-53-25-19-24-52(43-53)72-45-73(63-29-17-16-28-62(63)72)66-57(48-23-18-22-47(38-48)46-20-12-11-13-21-46)40-51(68(4,5)6)41-58(66)49-30-33-59-60(39-49)70(9,10)36-35-69(59,7)8;/h11-34,37-42,45H,35-36H2,1-10H3;/q-3;/i11D,12D,13D,14D,15D,18D,20D,21D,22D,23D,26D,27D,38D;. The van der Waals surface area contributed by atoms with E-state index in [0.717, 1.165) is 40.8 Å². The molecule has 8 aromatic carbocycles. The number of aromatic nitrogens is 2. The molecule has 384 valence electrons. The third-order valence-electron chi connectivity index (χ3n) is 15.0. The smallest absolute Gasteiger partial charge is 0.135 e. The molecule has 2 aliphatic rings. The summed E-state index contributed by atoms with van der Waals surface area (Å²) in [5, 5.41) is 0.860. The third-order valence-corrected chi connectivity index (χ3v) is 15.0. The quantitative estimate of drug-likeness (QED) is 0.142. The van der Waals surface area contributed by atoms with E-state index in [1.54, 1.807) is 29.0 Å². The molecule has 1 aliphatic heterocycles. The summed E-state index contributed by atoms with van der Waals surface area (Å²) in [6.45, 7) is 23.5. The molecule has 10 aromatic rings. The Morgan fingerprint density at radius 3 is 1.99 bits per heavy atom. The van der Waals surface area contributed by atoms with Crippen LogP contribution in [-0.4, -0.2) is 9.55 Å². The first kappa shape index (κ1) is 37.5. The molecular formula is C70H65N4OPt-3. The molecule has 0 atom stereocenters. The van der Waals surface area contributed by atoms with Gasteiger partial charge in [-0.15, -0.1) is 48.1 Å². The zero-order valence-electron chi connectivity index (χ0n) is 57.3. The van der Waals surface area contributed by atoms with Gasteiger partial charge in [0.15, 0.2) is 0 Å². The SMILES string of the molecule is [2H]c1c([2H])c([2H])c(-c2c([2H])c([2H])c([2H])c(-c3cc(C(C)(C)C)cc(-c4ccc5c(c4)C(C)(C)CCC5(C)C)c3N3[CH-]N(c4[c-]c(Oc5[c-]c6c(cc5)c5c([2H])c([2H])c([2H])c([2H])c5n6-c5cc(C(C)(C)C)ccn5)ccc4)c4ccccc43)c2[2H])c([2H])c1[2H].[Pt]. The van der Waals surface area contributed by atoms with Crippen LogP contribution in [0.25, 0.3) is 61.0 Å². The minimum atomic E-state index is -0.651. The van der Waals surface area contributed by atoms with Gasteiger partial charge in [0.2, 0.25) is 0 Å². The molecule has 1 aliphatic carbocycles. The van der Waals surface area contributed by atoms with Crippen molar-refractivity contribution >= 4 is 44.6 Å². The fourth-order valence-electron chi connectivity index (χ4n) is 10.6. The number of ether oxygens (including phenoxy) is 1. The molecule has 0 fully saturated rings. The van der Waals surface area contributed by atoms with E-state index in [9.17, 15) is 5.48 Å². The van der Waals surface area contributed by atoms with E-state index in [2.05, 4.69) is 106 Å². The summed E-state index contributed by atoms with van der Waals surface area (Å²) >= 11 is 0. The van der Waals surface area contributed by atoms with Crippen molar-refractivity contribution in [2.24, 2.45) is 0 Å². The Labute approximate surface area is 482 Å². The Kier molecular flexibility index (Phi) is 9.44. The van der Waals surface area contributed by atoms with Gasteiger partial charge in [0.1, 0.15) is 5.82 Å². The maximum Gasteiger partial charge on any atom is 0.135 e. The number of anilines is 4. The molecule has 6 heteroatoms. The van der Waals surface area contributed by atoms with Crippen molar-refractivity contribution in [2.45, 2.75) is 104 Å². The molecule has 3 heterocycles. The predicted molar refractivity (Wildman–Crippen MR) is 313 cm³/mol. The van der Waals surface area contributed by atoms with Crippen LogP contribution in [0.3, 0.4) is 0 Å². The van der Waals surface area contributed by atoms with E-state index < -0.39 is 65.4 Å². The second-order valence-electron chi connectivity index (χ2n) is 23.1. The first-order valence-electron chi connectivity index (χ1n) is 32.0. The summed E-state index contributed by atoms with van der Waals surface area (Å²) in [6.07, 6.45) is 3.65. The third kappa shape index (κ3) is 9.15. The van der Waals surface area contributed by atoms with E-state index in [1.807, 2.05) is 71.1 Å². The number of benzene rings is 8. The Bertz CT molecular complexity index is 4590. The first-order valence-corrected chi connectivity index (χ1v) is 25.5. The molecule has 0 saturated heterocycles. The number of fused-ring (bicyclic) bond motifs is 5. The van der Waals surface area contributed by atoms with Crippen LogP contribution in [0.4, 0.5) is 22.7 Å². The van der Waals surface area contributed by atoms with E-state index in [4.69, 9.17) is 22.1 Å². The average Bonchev–Trinajstić information content (AvgIpc) is 1.78. The topological polar surface area (TPSA) is 33.5 Å². The molecule has 0 unspecified atom stereocenters. The zero-order valence-corrected chi connectivity index (χ0v) is 46.6. The number of pyridine rings is 1. The van der Waals surface area contributed by atoms with Crippen molar-refractivity contribution in [1.29, 1.82) is 0 Å². The van der Waals surface area contributed by atoms with E-state index in [1.165, 1.54) is 11.1 Å². The van der Waals surface area contributed by atoms with Crippen LogP contribution in [0.2, 0.25) is 0 Å². The summed E-state index contributed by atoms with van der Waals surface area (Å²) in [7, 11) is 0. The molecule has 0 bridgehead atoms. The van der Waals surface area contributed by atoms with Crippen LogP contribution < -0.4 is 14.5 Å². The molecular weight excluding hydrogens is 1110 g/mol. The largest absolute Gasteiger partial charge is 0.509 e. The summed E-state index contributed by atoms with van der Waals surface area (Å²) in [5.74, 6) is 1.04. The maximum atomic E-state index is 10.2. The molecule has 76 heavy (non-hydrogen) atoms. The Balaban J connectivity index is 0.00000817. The normalized spacial score (nSPS) is 17.3. The summed E-state index contributed by atoms with van der Waals surface area (Å²) in [5.41, 5.74) is 7.47. The minimum absolute atomic E-state index is 0. The van der Waals surface area contributed by atoms with Gasteiger partial charge < -0.3 is 19.1 Å².